The first-order chi connectivity index (χ1) is 10.2. The van der Waals surface area contributed by atoms with Gasteiger partial charge in [0.15, 0.2) is 5.96 Å². The molecule has 0 aliphatic heterocycles. The van der Waals surface area contributed by atoms with Gasteiger partial charge in [0.2, 0.25) is 0 Å². The van der Waals surface area contributed by atoms with Crippen LogP contribution in [0.2, 0.25) is 0 Å². The van der Waals surface area contributed by atoms with Crippen LogP contribution in [0.25, 0.3) is 0 Å². The molecule has 1 atom stereocenters. The van der Waals surface area contributed by atoms with Gasteiger partial charge < -0.3 is 25.2 Å². The second kappa shape index (κ2) is 12.5. The number of aliphatic hydroxyl groups excluding tert-OH is 1. The zero-order valence-electron chi connectivity index (χ0n) is 13.3. The van der Waals surface area contributed by atoms with Crippen molar-refractivity contribution >= 4 is 29.9 Å². The Labute approximate surface area is 149 Å². The Morgan fingerprint density at radius 3 is 2.73 bits per heavy atom. The fourth-order valence-electron chi connectivity index (χ4n) is 1.75. The molecular formula is C15H26IN3O3. The van der Waals surface area contributed by atoms with Crippen LogP contribution in [0, 0.1) is 0 Å². The van der Waals surface area contributed by atoms with Crippen molar-refractivity contribution in [3.8, 4) is 5.75 Å². The highest BCUT2D eigenvalue weighted by atomic mass is 127. The lowest BCUT2D eigenvalue weighted by molar-refractivity contribution is 0.186. The second-order valence-corrected chi connectivity index (χ2v) is 4.43. The number of hydrogen-bond donors (Lipinski definition) is 3. The third-order valence-corrected chi connectivity index (χ3v) is 2.84. The van der Waals surface area contributed by atoms with Crippen molar-refractivity contribution in [1.82, 2.24) is 10.6 Å². The first kappa shape index (κ1) is 20.9. The Hall–Kier alpha value is -1.06. The normalized spacial score (nSPS) is 12.3. The zero-order valence-corrected chi connectivity index (χ0v) is 15.7. The number of aliphatic imine (C=N–C) groups is 1. The van der Waals surface area contributed by atoms with Gasteiger partial charge in [-0.1, -0.05) is 12.1 Å². The molecule has 1 aromatic carbocycles. The summed E-state index contributed by atoms with van der Waals surface area (Å²) in [6.45, 7) is 4.29. The van der Waals surface area contributed by atoms with Gasteiger partial charge in [-0.3, -0.25) is 4.99 Å². The molecule has 0 fully saturated rings. The molecule has 126 valence electrons. The van der Waals surface area contributed by atoms with Crippen LogP contribution >= 0.6 is 24.0 Å². The minimum atomic E-state index is -0.669. The van der Waals surface area contributed by atoms with E-state index < -0.39 is 6.10 Å². The van der Waals surface area contributed by atoms with Gasteiger partial charge in [-0.15, -0.1) is 24.0 Å². The second-order valence-electron chi connectivity index (χ2n) is 4.43. The molecule has 0 heterocycles. The first-order valence-corrected chi connectivity index (χ1v) is 7.04. The quantitative estimate of drug-likeness (QED) is 0.256. The van der Waals surface area contributed by atoms with Crippen LogP contribution < -0.4 is 15.4 Å². The smallest absolute Gasteiger partial charge is 0.191 e. The van der Waals surface area contributed by atoms with Crippen LogP contribution in [0.3, 0.4) is 0 Å². The van der Waals surface area contributed by atoms with Gasteiger partial charge in [0.05, 0.1) is 26.4 Å². The van der Waals surface area contributed by atoms with E-state index in [-0.39, 0.29) is 30.5 Å². The zero-order chi connectivity index (χ0) is 15.5. The summed E-state index contributed by atoms with van der Waals surface area (Å²) >= 11 is 0. The Kier molecular flexibility index (Phi) is 11.9. The van der Waals surface area contributed by atoms with Crippen molar-refractivity contribution in [2.24, 2.45) is 4.99 Å². The number of halogens is 1. The van der Waals surface area contributed by atoms with E-state index in [1.165, 1.54) is 0 Å². The molecule has 7 heteroatoms. The number of hydrogen-bond acceptors (Lipinski definition) is 4. The van der Waals surface area contributed by atoms with Gasteiger partial charge in [0.1, 0.15) is 5.75 Å². The Morgan fingerprint density at radius 2 is 2.09 bits per heavy atom. The average Bonchev–Trinajstić information content (AvgIpc) is 2.52. The fourth-order valence-corrected chi connectivity index (χ4v) is 1.75. The maximum absolute atomic E-state index is 10.2. The van der Waals surface area contributed by atoms with Gasteiger partial charge in [0, 0.05) is 20.2 Å². The van der Waals surface area contributed by atoms with Gasteiger partial charge >= 0.3 is 0 Å². The van der Waals surface area contributed by atoms with E-state index in [4.69, 9.17) is 9.47 Å². The minimum absolute atomic E-state index is 0. The van der Waals surface area contributed by atoms with Crippen molar-refractivity contribution in [2.75, 3.05) is 40.5 Å². The summed E-state index contributed by atoms with van der Waals surface area (Å²) in [6, 6.07) is 7.36. The number of benzene rings is 1. The Morgan fingerprint density at radius 1 is 1.32 bits per heavy atom. The topological polar surface area (TPSA) is 75.1 Å². The summed E-state index contributed by atoms with van der Waals surface area (Å²) in [5.74, 6) is 1.39. The molecule has 0 saturated carbocycles. The largest absolute Gasteiger partial charge is 0.497 e. The first-order valence-electron chi connectivity index (χ1n) is 7.04. The van der Waals surface area contributed by atoms with E-state index in [2.05, 4.69) is 15.6 Å². The number of rotatable bonds is 8. The number of nitrogens with zero attached hydrogens (tertiary/aromatic N) is 1. The van der Waals surface area contributed by atoms with Crippen LogP contribution in [0.1, 0.15) is 18.6 Å². The van der Waals surface area contributed by atoms with E-state index in [9.17, 15) is 5.11 Å². The number of guanidine groups is 1. The fraction of sp³-hybridized carbons (Fsp3) is 0.533. The molecule has 0 aromatic heterocycles. The third kappa shape index (κ3) is 7.81. The van der Waals surface area contributed by atoms with Gasteiger partial charge in [0.25, 0.3) is 0 Å². The molecule has 1 unspecified atom stereocenters. The lowest BCUT2D eigenvalue weighted by Gasteiger charge is -2.13. The van der Waals surface area contributed by atoms with Crippen LogP contribution in [0.15, 0.2) is 29.3 Å². The van der Waals surface area contributed by atoms with Crippen molar-refractivity contribution in [3.05, 3.63) is 29.8 Å². The molecule has 22 heavy (non-hydrogen) atoms. The van der Waals surface area contributed by atoms with E-state index in [1.807, 2.05) is 31.2 Å². The summed E-state index contributed by atoms with van der Waals surface area (Å²) in [4.78, 5) is 4.37. The maximum atomic E-state index is 10.2. The van der Waals surface area contributed by atoms with Gasteiger partial charge in [-0.05, 0) is 24.6 Å². The predicted octanol–water partition coefficient (Wildman–Crippen LogP) is 1.55. The predicted molar refractivity (Wildman–Crippen MR) is 99.2 cm³/mol. The lowest BCUT2D eigenvalue weighted by Crippen LogP contribution is -2.39. The van der Waals surface area contributed by atoms with Crippen LogP contribution in [0.5, 0.6) is 5.75 Å². The highest BCUT2D eigenvalue weighted by molar-refractivity contribution is 14.0. The number of methoxy groups -OCH3 is 2. The van der Waals surface area contributed by atoms with Gasteiger partial charge in [-0.2, -0.15) is 0 Å². The molecule has 6 nitrogen and oxygen atoms in total. The number of aliphatic hydroxyl groups is 1. The molecule has 0 bridgehead atoms. The highest BCUT2D eigenvalue weighted by Crippen LogP contribution is 2.19. The van der Waals surface area contributed by atoms with Gasteiger partial charge in [-0.25, -0.2) is 0 Å². The number of ether oxygens (including phenoxy) is 2. The SMILES string of the molecule is CCNC(=NCC(O)c1cccc(OC)c1)NCCOC.I. The summed E-state index contributed by atoms with van der Waals surface area (Å²) in [7, 11) is 3.25. The van der Waals surface area contributed by atoms with Crippen molar-refractivity contribution in [2.45, 2.75) is 13.0 Å². The van der Waals surface area contributed by atoms with Crippen molar-refractivity contribution in [1.29, 1.82) is 0 Å². The highest BCUT2D eigenvalue weighted by Gasteiger charge is 2.08. The molecule has 0 spiro atoms. The molecule has 3 N–H and O–H groups in total. The molecule has 0 aliphatic carbocycles. The van der Waals surface area contributed by atoms with E-state index in [1.54, 1.807) is 14.2 Å². The molecule has 1 rings (SSSR count). The number of nitrogens with one attached hydrogen (secondary N) is 2. The molecule has 0 aliphatic rings. The minimum Gasteiger partial charge on any atom is -0.497 e. The van der Waals surface area contributed by atoms with Crippen LogP contribution in [-0.2, 0) is 4.74 Å². The Balaban J connectivity index is 0.00000441. The standard InChI is InChI=1S/C15H25N3O3.HI/c1-4-16-15(17-8-9-20-2)18-11-14(19)12-6-5-7-13(10-12)21-3;/h5-7,10,14,19H,4,8-9,11H2,1-3H3,(H2,16,17,18);1H. The molecule has 0 saturated heterocycles. The summed E-state index contributed by atoms with van der Waals surface area (Å²) < 4.78 is 10.1. The molecule has 1 aromatic rings. The lowest BCUT2D eigenvalue weighted by atomic mass is 10.1. The van der Waals surface area contributed by atoms with E-state index in [0.717, 1.165) is 17.9 Å². The summed E-state index contributed by atoms with van der Waals surface area (Å²) in [5.41, 5.74) is 0.783. The van der Waals surface area contributed by atoms with E-state index >= 15 is 0 Å². The van der Waals surface area contributed by atoms with Crippen LogP contribution in [0.4, 0.5) is 0 Å². The Bertz CT molecular complexity index is 444. The maximum Gasteiger partial charge on any atom is 0.191 e. The molecule has 0 radical (unpaired) electrons. The summed E-state index contributed by atoms with van der Waals surface area (Å²) in [5, 5.41) is 16.4. The molecular weight excluding hydrogens is 397 g/mol. The molecule has 0 amide bonds. The monoisotopic (exact) mass is 423 g/mol. The average molecular weight is 423 g/mol. The van der Waals surface area contributed by atoms with Crippen molar-refractivity contribution < 1.29 is 14.6 Å². The van der Waals surface area contributed by atoms with Crippen LogP contribution in [-0.4, -0.2) is 51.5 Å². The summed E-state index contributed by atoms with van der Waals surface area (Å²) in [6.07, 6.45) is -0.669. The third-order valence-electron chi connectivity index (χ3n) is 2.84. The van der Waals surface area contributed by atoms with E-state index in [0.29, 0.717) is 19.1 Å². The van der Waals surface area contributed by atoms with Crippen molar-refractivity contribution in [3.63, 3.8) is 0 Å².